The van der Waals surface area contributed by atoms with Crippen molar-refractivity contribution in [3.05, 3.63) is 12.1 Å². The fourth-order valence-corrected chi connectivity index (χ4v) is 0.745. The summed E-state index contributed by atoms with van der Waals surface area (Å²) in [6.07, 6.45) is 2.60. The molecular formula is C8H15N3O. The van der Waals surface area contributed by atoms with Crippen LogP contribution in [0.1, 0.15) is 27.2 Å². The first kappa shape index (κ1) is 8.90. The highest BCUT2D eigenvalue weighted by Crippen LogP contribution is 2.03. The molecule has 68 valence electrons. The lowest BCUT2D eigenvalue weighted by Gasteiger charge is -2.04. The van der Waals surface area contributed by atoms with E-state index in [0.717, 1.165) is 12.3 Å². The lowest BCUT2D eigenvalue weighted by molar-refractivity contribution is 0.400. The topological polar surface area (TPSA) is 45.7 Å². The molecule has 0 bridgehead atoms. The van der Waals surface area contributed by atoms with Crippen LogP contribution in [0.25, 0.3) is 0 Å². The Morgan fingerprint density at radius 3 is 2.92 bits per heavy atom. The minimum atomic E-state index is 0.411. The number of nitrogens with zero attached hydrogens (tertiary/aromatic N) is 1. The molecule has 0 saturated carbocycles. The van der Waals surface area contributed by atoms with E-state index in [0.29, 0.717) is 11.9 Å². The second kappa shape index (κ2) is 3.99. The van der Waals surface area contributed by atoms with Gasteiger partial charge in [-0.25, -0.2) is 5.43 Å². The van der Waals surface area contributed by atoms with E-state index in [1.54, 1.807) is 6.20 Å². The summed E-state index contributed by atoms with van der Waals surface area (Å²) < 4.78 is 5.30. The van der Waals surface area contributed by atoms with Gasteiger partial charge in [-0.2, -0.15) is 0 Å². The summed E-state index contributed by atoms with van der Waals surface area (Å²) >= 11 is 0. The van der Waals surface area contributed by atoms with Gasteiger partial charge in [0.05, 0.1) is 6.20 Å². The van der Waals surface area contributed by atoms with Crippen LogP contribution in [0.5, 0.6) is 0 Å². The maximum atomic E-state index is 5.30. The molecule has 0 aromatic heterocycles. The van der Waals surface area contributed by atoms with Crippen molar-refractivity contribution in [2.24, 2.45) is 5.10 Å². The first-order chi connectivity index (χ1) is 5.72. The summed E-state index contributed by atoms with van der Waals surface area (Å²) in [4.78, 5) is 0. The van der Waals surface area contributed by atoms with E-state index in [-0.39, 0.29) is 0 Å². The van der Waals surface area contributed by atoms with Crippen LogP contribution < -0.4 is 10.7 Å². The van der Waals surface area contributed by atoms with Crippen LogP contribution in [0.3, 0.4) is 0 Å². The van der Waals surface area contributed by atoms with Crippen molar-refractivity contribution in [3.63, 3.8) is 0 Å². The molecule has 1 aliphatic heterocycles. The molecule has 2 N–H and O–H groups in total. The Bertz CT molecular complexity index is 208. The van der Waals surface area contributed by atoms with Crippen molar-refractivity contribution >= 4 is 5.90 Å². The van der Waals surface area contributed by atoms with Gasteiger partial charge in [-0.05, 0) is 13.8 Å². The lowest BCUT2D eigenvalue weighted by atomic mass is 10.4. The van der Waals surface area contributed by atoms with Crippen molar-refractivity contribution in [2.75, 3.05) is 0 Å². The Labute approximate surface area is 72.7 Å². The monoisotopic (exact) mass is 169 g/mol. The van der Waals surface area contributed by atoms with Crippen LogP contribution in [-0.4, -0.2) is 11.9 Å². The zero-order valence-electron chi connectivity index (χ0n) is 7.72. The van der Waals surface area contributed by atoms with E-state index in [1.807, 2.05) is 6.92 Å². The fraction of sp³-hybridized carbons (Fsp3) is 0.625. The SMILES string of the molecule is CCC1=NNC(=CNC(C)C)O1. The van der Waals surface area contributed by atoms with E-state index in [2.05, 4.69) is 29.7 Å². The predicted molar refractivity (Wildman–Crippen MR) is 48.3 cm³/mol. The predicted octanol–water partition coefficient (Wildman–Crippen LogP) is 1.13. The normalized spacial score (nSPS) is 19.0. The molecule has 12 heavy (non-hydrogen) atoms. The van der Waals surface area contributed by atoms with E-state index in [1.165, 1.54) is 0 Å². The van der Waals surface area contributed by atoms with Gasteiger partial charge in [0, 0.05) is 12.5 Å². The standard InChI is InChI=1S/C8H15N3O/c1-4-7-10-11-8(12-7)5-9-6(2)3/h5-6,9,11H,4H2,1-3H3. The third kappa shape index (κ3) is 2.45. The zero-order chi connectivity index (χ0) is 8.97. The number of nitrogens with one attached hydrogen (secondary N) is 2. The molecule has 4 heteroatoms. The fourth-order valence-electron chi connectivity index (χ4n) is 0.745. The zero-order valence-corrected chi connectivity index (χ0v) is 7.72. The summed E-state index contributed by atoms with van der Waals surface area (Å²) in [5.41, 5.74) is 2.78. The average molecular weight is 169 g/mol. The minimum Gasteiger partial charge on any atom is -0.422 e. The third-order valence-corrected chi connectivity index (χ3v) is 1.37. The summed E-state index contributed by atoms with van der Waals surface area (Å²) in [6, 6.07) is 0.411. The average Bonchev–Trinajstić information content (AvgIpc) is 2.48. The second-order valence-corrected chi connectivity index (χ2v) is 2.90. The molecule has 1 rings (SSSR count). The Morgan fingerprint density at radius 2 is 2.42 bits per heavy atom. The molecule has 0 radical (unpaired) electrons. The molecule has 1 heterocycles. The van der Waals surface area contributed by atoms with Crippen LogP contribution in [0.2, 0.25) is 0 Å². The maximum Gasteiger partial charge on any atom is 0.231 e. The lowest BCUT2D eigenvalue weighted by Crippen LogP contribution is -2.18. The van der Waals surface area contributed by atoms with Crippen molar-refractivity contribution < 1.29 is 4.74 Å². The summed E-state index contributed by atoms with van der Waals surface area (Å²) in [6.45, 7) is 6.13. The van der Waals surface area contributed by atoms with Gasteiger partial charge in [0.25, 0.3) is 0 Å². The summed E-state index contributed by atoms with van der Waals surface area (Å²) in [7, 11) is 0. The molecule has 0 saturated heterocycles. The van der Waals surface area contributed by atoms with Crippen LogP contribution in [0, 0.1) is 0 Å². The number of hydrogen-bond donors (Lipinski definition) is 2. The highest BCUT2D eigenvalue weighted by Gasteiger charge is 2.09. The smallest absolute Gasteiger partial charge is 0.231 e. The summed E-state index contributed by atoms with van der Waals surface area (Å²) in [5, 5.41) is 7.06. The Balaban J connectivity index is 2.35. The second-order valence-electron chi connectivity index (χ2n) is 2.90. The number of hydrogen-bond acceptors (Lipinski definition) is 4. The first-order valence-corrected chi connectivity index (χ1v) is 4.19. The molecule has 0 amide bonds. The van der Waals surface area contributed by atoms with E-state index in [4.69, 9.17) is 4.74 Å². The van der Waals surface area contributed by atoms with Gasteiger partial charge >= 0.3 is 0 Å². The van der Waals surface area contributed by atoms with Crippen LogP contribution >= 0.6 is 0 Å². The molecule has 0 aliphatic carbocycles. The number of ether oxygens (including phenoxy) is 1. The van der Waals surface area contributed by atoms with Gasteiger partial charge in [0.1, 0.15) is 0 Å². The number of hydrazone groups is 1. The van der Waals surface area contributed by atoms with Gasteiger partial charge < -0.3 is 10.1 Å². The molecule has 1 aliphatic rings. The number of rotatable bonds is 3. The van der Waals surface area contributed by atoms with Crippen molar-refractivity contribution in [1.29, 1.82) is 0 Å². The molecule has 0 aromatic carbocycles. The van der Waals surface area contributed by atoms with E-state index < -0.39 is 0 Å². The summed E-state index contributed by atoms with van der Waals surface area (Å²) in [5.74, 6) is 1.40. The quantitative estimate of drug-likeness (QED) is 0.665. The molecule has 0 atom stereocenters. The molecule has 0 unspecified atom stereocenters. The van der Waals surface area contributed by atoms with Crippen molar-refractivity contribution in [3.8, 4) is 0 Å². The molecule has 4 nitrogen and oxygen atoms in total. The van der Waals surface area contributed by atoms with Gasteiger partial charge in [-0.15, -0.1) is 5.10 Å². The largest absolute Gasteiger partial charge is 0.422 e. The molecule has 0 spiro atoms. The van der Waals surface area contributed by atoms with Crippen LogP contribution in [0.4, 0.5) is 0 Å². The highest BCUT2D eigenvalue weighted by molar-refractivity contribution is 5.77. The Kier molecular flexibility index (Phi) is 2.96. The third-order valence-electron chi connectivity index (χ3n) is 1.37. The van der Waals surface area contributed by atoms with Crippen LogP contribution in [0.15, 0.2) is 17.2 Å². The van der Waals surface area contributed by atoms with Gasteiger partial charge in [-0.1, -0.05) is 6.92 Å². The first-order valence-electron chi connectivity index (χ1n) is 4.19. The van der Waals surface area contributed by atoms with Gasteiger partial charge in [0.15, 0.2) is 0 Å². The van der Waals surface area contributed by atoms with Crippen molar-refractivity contribution in [2.45, 2.75) is 33.2 Å². The van der Waals surface area contributed by atoms with Crippen molar-refractivity contribution in [1.82, 2.24) is 10.7 Å². The van der Waals surface area contributed by atoms with Gasteiger partial charge in [0.2, 0.25) is 11.8 Å². The van der Waals surface area contributed by atoms with E-state index in [9.17, 15) is 0 Å². The molecule has 0 fully saturated rings. The van der Waals surface area contributed by atoms with E-state index >= 15 is 0 Å². The minimum absolute atomic E-state index is 0.411. The Morgan fingerprint density at radius 1 is 1.67 bits per heavy atom. The Hall–Kier alpha value is -1.19. The van der Waals surface area contributed by atoms with Gasteiger partial charge in [-0.3, -0.25) is 0 Å². The highest BCUT2D eigenvalue weighted by atomic mass is 16.5. The molecule has 0 aromatic rings. The molecular weight excluding hydrogens is 154 g/mol. The van der Waals surface area contributed by atoms with Crippen LogP contribution in [-0.2, 0) is 4.74 Å². The maximum absolute atomic E-state index is 5.30.